The van der Waals surface area contributed by atoms with Gasteiger partial charge in [-0.25, -0.2) is 15.0 Å². The number of nitrogens with one attached hydrogen (secondary N) is 3. The van der Waals surface area contributed by atoms with E-state index in [1.54, 1.807) is 18.7 Å². The molecule has 5 heterocycles. The number of fused-ring (bicyclic) bond motifs is 1. The zero-order chi connectivity index (χ0) is 28.6. The van der Waals surface area contributed by atoms with Crippen LogP contribution in [0.3, 0.4) is 0 Å². The first-order valence-electron chi connectivity index (χ1n) is 15.0. The molecule has 12 nitrogen and oxygen atoms in total. The molecule has 220 valence electrons. The quantitative estimate of drug-likeness (QED) is 0.200. The second kappa shape index (κ2) is 11.4. The molecule has 3 aliphatic rings. The molecule has 4 aromatic rings. The van der Waals surface area contributed by atoms with Gasteiger partial charge in [0.1, 0.15) is 23.1 Å². The molecular formula is C30H39N11O. The number of aromatic amines is 1. The Labute approximate surface area is 245 Å². The number of rotatable bonds is 8. The number of H-pyrrole nitrogens is 1. The number of pyridine rings is 1. The summed E-state index contributed by atoms with van der Waals surface area (Å²) >= 11 is 0. The molecule has 2 aliphatic heterocycles. The van der Waals surface area contributed by atoms with E-state index in [2.05, 4.69) is 59.5 Å². The smallest absolute Gasteiger partial charge is 0.158 e. The molecule has 0 bridgehead atoms. The number of aliphatic hydroxyl groups is 1. The average molecular weight is 570 g/mol. The van der Waals surface area contributed by atoms with Crippen molar-refractivity contribution in [1.82, 2.24) is 34.7 Å². The molecule has 12 heteroatoms. The van der Waals surface area contributed by atoms with Crippen molar-refractivity contribution >= 4 is 34.0 Å². The normalized spacial score (nSPS) is 19.7. The molecule has 1 unspecified atom stereocenters. The van der Waals surface area contributed by atoms with E-state index >= 15 is 0 Å². The van der Waals surface area contributed by atoms with Crippen LogP contribution in [-0.4, -0.2) is 98.2 Å². The molecule has 7 rings (SSSR count). The number of nitrogens with zero attached hydrogens (tertiary/aromatic N) is 7. The third-order valence-electron chi connectivity index (χ3n) is 8.72. The standard InChI is InChI=1S/C30H39N11O/c1-39-12-14-41(15-13-39)22-8-10-40(11-9-22)21-6-4-20(5-7-21)36-30-27(28(31)42)37-26(29(38-30)35-19-2-3-19)23-16-32-17-24-25(23)34-18-33-24/h4-7,16-19,22,28,42H,2-3,8-15,31H2,1H3,(H,33,34)(H2,35,36,38). The summed E-state index contributed by atoms with van der Waals surface area (Å²) in [6.45, 7) is 6.82. The predicted molar refractivity (Wildman–Crippen MR) is 165 cm³/mol. The van der Waals surface area contributed by atoms with Crippen LogP contribution in [0.2, 0.25) is 0 Å². The predicted octanol–water partition coefficient (Wildman–Crippen LogP) is 2.90. The Morgan fingerprint density at radius 3 is 2.43 bits per heavy atom. The fraction of sp³-hybridized carbons (Fsp3) is 0.467. The number of benzene rings is 1. The van der Waals surface area contributed by atoms with Crippen molar-refractivity contribution in [2.24, 2.45) is 5.73 Å². The first-order chi connectivity index (χ1) is 20.5. The fourth-order valence-corrected chi connectivity index (χ4v) is 6.06. The number of nitrogens with two attached hydrogens (primary N) is 1. The second-order valence-corrected chi connectivity index (χ2v) is 11.7. The number of hydrogen-bond acceptors (Lipinski definition) is 11. The van der Waals surface area contributed by atoms with Crippen molar-refractivity contribution in [2.75, 3.05) is 61.8 Å². The summed E-state index contributed by atoms with van der Waals surface area (Å²) < 4.78 is 0. The largest absolute Gasteiger partial charge is 0.373 e. The Balaban J connectivity index is 1.10. The number of imidazole rings is 1. The van der Waals surface area contributed by atoms with Crippen molar-refractivity contribution < 1.29 is 5.11 Å². The first kappa shape index (κ1) is 27.0. The Morgan fingerprint density at radius 1 is 0.952 bits per heavy atom. The molecule has 42 heavy (non-hydrogen) atoms. The highest BCUT2D eigenvalue weighted by atomic mass is 16.3. The van der Waals surface area contributed by atoms with Crippen LogP contribution in [0, 0.1) is 0 Å². The lowest BCUT2D eigenvalue weighted by Crippen LogP contribution is -2.52. The summed E-state index contributed by atoms with van der Waals surface area (Å²) in [6, 6.07) is 9.41. The number of likely N-dealkylation sites (N-methyl/N-ethyl adjacent to an activating group) is 1. The fourth-order valence-electron chi connectivity index (χ4n) is 6.06. The zero-order valence-corrected chi connectivity index (χ0v) is 24.0. The van der Waals surface area contributed by atoms with Crippen molar-refractivity contribution in [2.45, 2.75) is 44.0 Å². The Bertz CT molecular complexity index is 1520. The molecule has 0 spiro atoms. The highest BCUT2D eigenvalue weighted by molar-refractivity contribution is 5.93. The van der Waals surface area contributed by atoms with E-state index in [1.165, 1.54) is 44.7 Å². The maximum Gasteiger partial charge on any atom is 0.158 e. The SMILES string of the molecule is CN1CCN(C2CCN(c3ccc(Nc4nc(NC5CC5)c(-c5cncc6[nH]cnc56)nc4C(N)O)cc3)CC2)CC1. The summed E-state index contributed by atoms with van der Waals surface area (Å²) in [5.41, 5.74) is 11.2. The lowest BCUT2D eigenvalue weighted by atomic mass is 10.0. The average Bonchev–Trinajstić information content (AvgIpc) is 3.69. The second-order valence-electron chi connectivity index (χ2n) is 11.7. The minimum absolute atomic E-state index is 0.258. The molecule has 0 amide bonds. The molecule has 1 aliphatic carbocycles. The summed E-state index contributed by atoms with van der Waals surface area (Å²) in [7, 11) is 2.21. The molecule has 0 radical (unpaired) electrons. The van der Waals surface area contributed by atoms with Gasteiger partial charge in [-0.3, -0.25) is 9.88 Å². The van der Waals surface area contributed by atoms with Gasteiger partial charge in [0.05, 0.1) is 23.6 Å². The van der Waals surface area contributed by atoms with Gasteiger partial charge in [0.25, 0.3) is 0 Å². The molecule has 1 saturated carbocycles. The van der Waals surface area contributed by atoms with Crippen LogP contribution in [-0.2, 0) is 0 Å². The van der Waals surface area contributed by atoms with Gasteiger partial charge in [0.15, 0.2) is 11.6 Å². The van der Waals surface area contributed by atoms with Gasteiger partial charge < -0.3 is 36.3 Å². The molecule has 1 aromatic carbocycles. The number of piperidine rings is 1. The summed E-state index contributed by atoms with van der Waals surface area (Å²) in [5, 5.41) is 17.4. The van der Waals surface area contributed by atoms with Crippen LogP contribution < -0.4 is 21.3 Å². The molecular weight excluding hydrogens is 530 g/mol. The summed E-state index contributed by atoms with van der Waals surface area (Å²) in [6.07, 6.45) is 8.29. The number of aromatic nitrogens is 5. The van der Waals surface area contributed by atoms with Crippen LogP contribution in [0.1, 0.15) is 37.6 Å². The molecule has 3 aromatic heterocycles. The zero-order valence-electron chi connectivity index (χ0n) is 24.0. The van der Waals surface area contributed by atoms with Crippen LogP contribution in [0.4, 0.5) is 23.0 Å². The van der Waals surface area contributed by atoms with Gasteiger partial charge in [0.2, 0.25) is 0 Å². The Kier molecular flexibility index (Phi) is 7.36. The maximum absolute atomic E-state index is 10.5. The van der Waals surface area contributed by atoms with Crippen LogP contribution in [0.25, 0.3) is 22.3 Å². The summed E-state index contributed by atoms with van der Waals surface area (Å²) in [4.78, 5) is 29.2. The van der Waals surface area contributed by atoms with Crippen molar-refractivity contribution in [3.05, 3.63) is 48.7 Å². The number of aliphatic hydroxyl groups excluding tert-OH is 1. The lowest BCUT2D eigenvalue weighted by molar-refractivity contribution is 0.0982. The minimum atomic E-state index is -1.32. The highest BCUT2D eigenvalue weighted by Gasteiger charge is 2.28. The third kappa shape index (κ3) is 5.62. The van der Waals surface area contributed by atoms with E-state index in [-0.39, 0.29) is 5.69 Å². The van der Waals surface area contributed by atoms with Gasteiger partial charge in [-0.2, -0.15) is 0 Å². The van der Waals surface area contributed by atoms with Crippen LogP contribution in [0.5, 0.6) is 0 Å². The topological polar surface area (TPSA) is 147 Å². The lowest BCUT2D eigenvalue weighted by Gasteiger charge is -2.42. The molecule has 3 fully saturated rings. The number of hydrogen-bond donors (Lipinski definition) is 5. The van der Waals surface area contributed by atoms with E-state index in [9.17, 15) is 5.11 Å². The van der Waals surface area contributed by atoms with E-state index in [1.807, 2.05) is 12.1 Å². The van der Waals surface area contributed by atoms with Gasteiger partial charge in [-0.15, -0.1) is 0 Å². The summed E-state index contributed by atoms with van der Waals surface area (Å²) in [5.74, 6) is 1.03. The Hall–Kier alpha value is -3.84. The molecule has 1 atom stereocenters. The third-order valence-corrected chi connectivity index (χ3v) is 8.72. The monoisotopic (exact) mass is 569 g/mol. The van der Waals surface area contributed by atoms with Crippen molar-refractivity contribution in [3.8, 4) is 11.3 Å². The first-order valence-corrected chi connectivity index (χ1v) is 15.0. The van der Waals surface area contributed by atoms with E-state index in [0.717, 1.165) is 48.2 Å². The van der Waals surface area contributed by atoms with Gasteiger partial charge >= 0.3 is 0 Å². The molecule has 6 N–H and O–H groups in total. The van der Waals surface area contributed by atoms with E-state index in [0.29, 0.717) is 29.4 Å². The van der Waals surface area contributed by atoms with E-state index < -0.39 is 6.23 Å². The Morgan fingerprint density at radius 2 is 1.71 bits per heavy atom. The van der Waals surface area contributed by atoms with Crippen LogP contribution >= 0.6 is 0 Å². The minimum Gasteiger partial charge on any atom is -0.373 e. The van der Waals surface area contributed by atoms with Crippen molar-refractivity contribution in [1.29, 1.82) is 0 Å². The van der Waals surface area contributed by atoms with Gasteiger partial charge in [-0.05, 0) is 57.0 Å². The van der Waals surface area contributed by atoms with Crippen molar-refractivity contribution in [3.63, 3.8) is 0 Å². The highest BCUT2D eigenvalue weighted by Crippen LogP contribution is 2.36. The van der Waals surface area contributed by atoms with E-state index in [4.69, 9.17) is 15.7 Å². The van der Waals surface area contributed by atoms with Crippen LogP contribution in [0.15, 0.2) is 43.0 Å². The number of anilines is 4. The number of piperazine rings is 1. The van der Waals surface area contributed by atoms with Gasteiger partial charge in [0, 0.05) is 68.9 Å². The van der Waals surface area contributed by atoms with Gasteiger partial charge in [-0.1, -0.05) is 0 Å². The molecule has 2 saturated heterocycles. The maximum atomic E-state index is 10.5.